The fraction of sp³-hybridized carbons (Fsp3) is 0.583. The molecule has 0 radical (unpaired) electrons. The van der Waals surface area contributed by atoms with Crippen molar-refractivity contribution in [1.29, 1.82) is 0 Å². The van der Waals surface area contributed by atoms with Crippen molar-refractivity contribution in [1.82, 2.24) is 4.57 Å². The van der Waals surface area contributed by atoms with Crippen molar-refractivity contribution >= 4 is 15.9 Å². The third-order valence-electron chi connectivity index (χ3n) is 2.78. The zero-order valence-electron chi connectivity index (χ0n) is 9.53. The van der Waals surface area contributed by atoms with E-state index in [4.69, 9.17) is 0 Å². The number of pyridine rings is 1. The minimum atomic E-state index is 0.129. The molecule has 0 N–H and O–H groups in total. The summed E-state index contributed by atoms with van der Waals surface area (Å²) < 4.78 is 1.81. The van der Waals surface area contributed by atoms with E-state index in [1.54, 1.807) is 4.57 Å². The first kappa shape index (κ1) is 12.5. The molecular formula is C12H18BrNO. The van der Waals surface area contributed by atoms with Crippen LogP contribution in [-0.2, 0) is 6.54 Å². The summed E-state index contributed by atoms with van der Waals surface area (Å²) in [5.74, 6) is 1.08. The molecule has 1 atom stereocenters. The summed E-state index contributed by atoms with van der Waals surface area (Å²) in [5, 5.41) is 0.936. The van der Waals surface area contributed by atoms with Crippen LogP contribution in [-0.4, -0.2) is 9.90 Å². The number of hydrogen-bond donors (Lipinski definition) is 0. The van der Waals surface area contributed by atoms with Crippen molar-refractivity contribution in [3.8, 4) is 0 Å². The van der Waals surface area contributed by atoms with Gasteiger partial charge in [0.1, 0.15) is 0 Å². The molecular weight excluding hydrogens is 254 g/mol. The smallest absolute Gasteiger partial charge is 0.253 e. The third kappa shape index (κ3) is 3.20. The highest BCUT2D eigenvalue weighted by molar-refractivity contribution is 9.09. The maximum absolute atomic E-state index is 11.8. The number of halogens is 1. The lowest BCUT2D eigenvalue weighted by atomic mass is 9.98. The third-order valence-corrected chi connectivity index (χ3v) is 3.61. The van der Waals surface area contributed by atoms with Crippen LogP contribution < -0.4 is 5.56 Å². The van der Waals surface area contributed by atoms with Gasteiger partial charge in [-0.25, -0.2) is 0 Å². The molecule has 0 aliphatic rings. The van der Waals surface area contributed by atoms with Gasteiger partial charge in [0.05, 0.1) is 0 Å². The zero-order valence-corrected chi connectivity index (χ0v) is 11.1. The Morgan fingerprint density at radius 2 is 2.13 bits per heavy atom. The van der Waals surface area contributed by atoms with Crippen LogP contribution in [0.3, 0.4) is 0 Å². The average molecular weight is 272 g/mol. The first-order valence-corrected chi connectivity index (χ1v) is 6.40. The van der Waals surface area contributed by atoms with Gasteiger partial charge in [-0.2, -0.15) is 0 Å². The summed E-state index contributed by atoms with van der Waals surface area (Å²) in [6.45, 7) is 7.03. The van der Waals surface area contributed by atoms with E-state index < -0.39 is 0 Å². The molecule has 1 aromatic rings. The van der Waals surface area contributed by atoms with E-state index in [9.17, 15) is 4.79 Å². The van der Waals surface area contributed by atoms with Crippen molar-refractivity contribution in [2.75, 3.05) is 5.33 Å². The predicted molar refractivity (Wildman–Crippen MR) is 67.6 cm³/mol. The van der Waals surface area contributed by atoms with Crippen molar-refractivity contribution < 1.29 is 0 Å². The van der Waals surface area contributed by atoms with Crippen LogP contribution in [0, 0.1) is 18.8 Å². The Hall–Kier alpha value is -0.570. The Morgan fingerprint density at radius 1 is 1.47 bits per heavy atom. The van der Waals surface area contributed by atoms with E-state index in [0.717, 1.165) is 17.4 Å². The lowest BCUT2D eigenvalue weighted by Crippen LogP contribution is -2.27. The normalized spacial score (nSPS) is 13.1. The van der Waals surface area contributed by atoms with Crippen LogP contribution in [0.25, 0.3) is 0 Å². The second-order valence-electron chi connectivity index (χ2n) is 4.31. The molecule has 0 amide bonds. The summed E-state index contributed by atoms with van der Waals surface area (Å²) in [4.78, 5) is 11.8. The first-order valence-electron chi connectivity index (χ1n) is 5.28. The zero-order chi connectivity index (χ0) is 11.4. The molecule has 2 nitrogen and oxygen atoms in total. The van der Waals surface area contributed by atoms with Crippen LogP contribution in [0.5, 0.6) is 0 Å². The quantitative estimate of drug-likeness (QED) is 0.772. The molecule has 0 bridgehead atoms. The van der Waals surface area contributed by atoms with E-state index in [1.807, 2.05) is 25.3 Å². The summed E-state index contributed by atoms with van der Waals surface area (Å²) in [6.07, 6.45) is 1.87. The standard InChI is InChI=1S/C12H18BrNO/c1-9(2)11(7-13)8-14-6-4-5-10(3)12(14)15/h4-6,9,11H,7-8H2,1-3H3. The van der Waals surface area contributed by atoms with Gasteiger partial charge >= 0.3 is 0 Å². The molecule has 1 unspecified atom stereocenters. The molecule has 1 rings (SSSR count). The van der Waals surface area contributed by atoms with Gasteiger partial charge in [-0.3, -0.25) is 4.79 Å². The van der Waals surface area contributed by atoms with Gasteiger partial charge in [0.25, 0.3) is 5.56 Å². The fourth-order valence-corrected chi connectivity index (χ4v) is 2.44. The molecule has 3 heteroatoms. The van der Waals surface area contributed by atoms with Gasteiger partial charge in [0, 0.05) is 23.6 Å². The lowest BCUT2D eigenvalue weighted by molar-refractivity contribution is 0.368. The SMILES string of the molecule is Cc1cccn(CC(CBr)C(C)C)c1=O. The molecule has 0 spiro atoms. The van der Waals surface area contributed by atoms with E-state index >= 15 is 0 Å². The van der Waals surface area contributed by atoms with Crippen molar-refractivity contribution in [2.45, 2.75) is 27.3 Å². The number of nitrogens with zero attached hydrogens (tertiary/aromatic N) is 1. The van der Waals surface area contributed by atoms with E-state index in [1.165, 1.54) is 0 Å². The molecule has 84 valence electrons. The topological polar surface area (TPSA) is 22.0 Å². The second kappa shape index (κ2) is 5.50. The number of aromatic nitrogens is 1. The molecule has 0 fully saturated rings. The highest BCUT2D eigenvalue weighted by Gasteiger charge is 2.13. The highest BCUT2D eigenvalue weighted by Crippen LogP contribution is 2.15. The largest absolute Gasteiger partial charge is 0.315 e. The first-order chi connectivity index (χ1) is 7.06. The predicted octanol–water partition coefficient (Wildman–Crippen LogP) is 2.82. The Bertz CT molecular complexity index is 370. The molecule has 0 saturated heterocycles. The highest BCUT2D eigenvalue weighted by atomic mass is 79.9. The fourth-order valence-electron chi connectivity index (χ4n) is 1.49. The minimum absolute atomic E-state index is 0.129. The molecule has 0 aliphatic heterocycles. The van der Waals surface area contributed by atoms with Crippen LogP contribution in [0.2, 0.25) is 0 Å². The van der Waals surface area contributed by atoms with E-state index in [2.05, 4.69) is 29.8 Å². The molecule has 1 aromatic heterocycles. The maximum atomic E-state index is 11.8. The van der Waals surface area contributed by atoms with Gasteiger partial charge in [-0.1, -0.05) is 35.8 Å². The Balaban J connectivity index is 2.89. The van der Waals surface area contributed by atoms with Gasteiger partial charge in [0.2, 0.25) is 0 Å². The Morgan fingerprint density at radius 3 is 2.67 bits per heavy atom. The molecule has 0 saturated carbocycles. The molecule has 1 heterocycles. The Kier molecular flexibility index (Phi) is 4.58. The lowest BCUT2D eigenvalue weighted by Gasteiger charge is -2.19. The summed E-state index contributed by atoms with van der Waals surface area (Å²) in [5.41, 5.74) is 0.943. The second-order valence-corrected chi connectivity index (χ2v) is 4.95. The van der Waals surface area contributed by atoms with Crippen molar-refractivity contribution in [2.24, 2.45) is 11.8 Å². The van der Waals surface area contributed by atoms with Crippen LogP contribution >= 0.6 is 15.9 Å². The number of alkyl halides is 1. The van der Waals surface area contributed by atoms with Gasteiger partial charge < -0.3 is 4.57 Å². The maximum Gasteiger partial charge on any atom is 0.253 e. The van der Waals surface area contributed by atoms with Crippen molar-refractivity contribution in [3.63, 3.8) is 0 Å². The number of hydrogen-bond acceptors (Lipinski definition) is 1. The summed E-state index contributed by atoms with van der Waals surface area (Å²) >= 11 is 3.50. The van der Waals surface area contributed by atoms with E-state index in [0.29, 0.717) is 11.8 Å². The Labute approximate surface area is 99.4 Å². The summed E-state index contributed by atoms with van der Waals surface area (Å²) in [7, 11) is 0. The van der Waals surface area contributed by atoms with Crippen LogP contribution in [0.1, 0.15) is 19.4 Å². The average Bonchev–Trinajstić information content (AvgIpc) is 2.19. The molecule has 0 aliphatic carbocycles. The number of rotatable bonds is 4. The van der Waals surface area contributed by atoms with Gasteiger partial charge in [0.15, 0.2) is 0 Å². The number of aryl methyl sites for hydroxylation is 1. The monoisotopic (exact) mass is 271 g/mol. The molecule has 0 aromatic carbocycles. The van der Waals surface area contributed by atoms with Crippen LogP contribution in [0.15, 0.2) is 23.1 Å². The minimum Gasteiger partial charge on any atom is -0.315 e. The van der Waals surface area contributed by atoms with Crippen molar-refractivity contribution in [3.05, 3.63) is 34.2 Å². The van der Waals surface area contributed by atoms with E-state index in [-0.39, 0.29) is 5.56 Å². The summed E-state index contributed by atoms with van der Waals surface area (Å²) in [6, 6.07) is 3.79. The van der Waals surface area contributed by atoms with Gasteiger partial charge in [-0.15, -0.1) is 0 Å². The van der Waals surface area contributed by atoms with Gasteiger partial charge in [-0.05, 0) is 24.8 Å². The molecule has 15 heavy (non-hydrogen) atoms. The van der Waals surface area contributed by atoms with Crippen LogP contribution in [0.4, 0.5) is 0 Å².